The number of aryl methyl sites for hydroxylation is 3. The molecule has 6 aliphatic carbocycles. The smallest absolute Gasteiger partial charge is 0.184 e. The number of benzene rings is 6. The molecule has 0 atom stereocenters. The molecule has 0 aromatic heterocycles. The molecule has 12 rings (SSSR count). The van der Waals surface area contributed by atoms with Crippen LogP contribution in [0, 0.1) is 91.4 Å². The van der Waals surface area contributed by atoms with Crippen LogP contribution in [0.4, 0.5) is 17.6 Å². The molecular weight excluding hydrogens is 1190 g/mol. The van der Waals surface area contributed by atoms with Crippen LogP contribution in [0.5, 0.6) is 5.75 Å². The van der Waals surface area contributed by atoms with Crippen molar-refractivity contribution in [3.63, 3.8) is 0 Å². The third-order valence-electron chi connectivity index (χ3n) is 22.4. The third-order valence-corrected chi connectivity index (χ3v) is 24.1. The summed E-state index contributed by atoms with van der Waals surface area (Å²) in [5, 5.41) is 1.03. The van der Waals surface area contributed by atoms with E-state index >= 15 is 0 Å². The average Bonchev–Trinajstić information content (AvgIpc) is 1.09. The number of hydrogen-bond acceptors (Lipinski definition) is 1. The van der Waals surface area contributed by atoms with E-state index in [0.717, 1.165) is 93.6 Å². The molecule has 6 saturated carbocycles. The zero-order valence-corrected chi connectivity index (χ0v) is 57.6. The van der Waals surface area contributed by atoms with Crippen LogP contribution in [0.1, 0.15) is 253 Å². The van der Waals surface area contributed by atoms with Crippen LogP contribution in [0.25, 0.3) is 22.3 Å². The number of methoxy groups -OCH3 is 1. The number of hydrogen-bond donors (Lipinski definition) is 0. The molecule has 0 radical (unpaired) electrons. The Hall–Kier alpha value is -4.00. The second-order valence-corrected chi connectivity index (χ2v) is 30.1. The Balaban J connectivity index is 0.000000323. The van der Waals surface area contributed by atoms with Crippen LogP contribution in [0.15, 0.2) is 97.1 Å². The summed E-state index contributed by atoms with van der Waals surface area (Å²) in [5.41, 5.74) is 10.0. The van der Waals surface area contributed by atoms with Gasteiger partial charge in [-0.15, -0.1) is 0 Å². The van der Waals surface area contributed by atoms with Crippen LogP contribution in [-0.2, 0) is 0 Å². The van der Waals surface area contributed by atoms with Gasteiger partial charge in [0.05, 0.1) is 27.2 Å². The van der Waals surface area contributed by atoms with Gasteiger partial charge in [0, 0.05) is 19.7 Å². The van der Waals surface area contributed by atoms with Crippen molar-refractivity contribution in [2.75, 3.05) is 7.11 Å². The lowest BCUT2D eigenvalue weighted by Crippen LogP contribution is -2.25. The average molecular weight is 1310 g/mol. The second kappa shape index (κ2) is 32.7. The van der Waals surface area contributed by atoms with Crippen molar-refractivity contribution in [1.82, 2.24) is 0 Å². The van der Waals surface area contributed by atoms with Gasteiger partial charge >= 0.3 is 0 Å². The van der Waals surface area contributed by atoms with E-state index < -0.39 is 5.82 Å². The first kappa shape index (κ1) is 69.3. The topological polar surface area (TPSA) is 9.23 Å². The lowest BCUT2D eigenvalue weighted by Gasteiger charge is -2.37. The van der Waals surface area contributed by atoms with Gasteiger partial charge in [-0.1, -0.05) is 210 Å². The van der Waals surface area contributed by atoms with Crippen molar-refractivity contribution < 1.29 is 30.9 Å². The van der Waals surface area contributed by atoms with Gasteiger partial charge in [0.1, 0.15) is 17.5 Å². The van der Waals surface area contributed by atoms with Crippen molar-refractivity contribution in [2.24, 2.45) is 47.3 Å². The molecule has 0 amide bonds. The summed E-state index contributed by atoms with van der Waals surface area (Å²) in [6, 6.07) is 31.7. The maximum atomic E-state index is 14.4. The first-order valence-electron chi connectivity index (χ1n) is 34.3. The molecule has 6 fully saturated rings. The molecule has 0 heterocycles. The summed E-state index contributed by atoms with van der Waals surface area (Å²) in [6.45, 7) is 14.9. The van der Waals surface area contributed by atoms with E-state index in [1.54, 1.807) is 13.0 Å². The molecule has 6 aliphatic rings. The molecular formula is C80H112Cl4F4O. The molecule has 0 unspecified atom stereocenters. The van der Waals surface area contributed by atoms with E-state index in [1.165, 1.54) is 159 Å². The van der Waals surface area contributed by atoms with Crippen molar-refractivity contribution in [1.29, 1.82) is 0 Å². The fourth-order valence-electron chi connectivity index (χ4n) is 16.1. The normalized spacial score (nSPS) is 27.1. The standard InChI is InChI=1S/C20H22ClFO.2C20H28ClF.C20H22ClF.6H2/c1-13-3-5-14(6-4-13)15-7-9-16(10-8-15)17-11-12-18(23-2)20(22)19(17)21;1-13-3-6-15(7-4-13)16-8-10-17(11-9-16)18-12-5-14(2)20(22)19(18)21;2*1-13-3-6-15(7-4-13)16-8-10-17(11-9-16)18-12-5-14(2)19(21)20(18)22;;;;;;/h7-14H,3-6H2,1-2H3;2*5,12-13,15-17H,3-4,6-11H2,1-2H3;5,8-13,15H,3-4,6-7H2,1-2H3;6*1H. The molecule has 0 bridgehead atoms. The van der Waals surface area contributed by atoms with Crippen LogP contribution in [0.3, 0.4) is 0 Å². The minimum atomic E-state index is -0.503. The van der Waals surface area contributed by atoms with Gasteiger partial charge in [0.25, 0.3) is 0 Å². The highest BCUT2D eigenvalue weighted by Gasteiger charge is 2.34. The van der Waals surface area contributed by atoms with Crippen molar-refractivity contribution in [3.05, 3.63) is 179 Å². The first-order valence-corrected chi connectivity index (χ1v) is 35.9. The summed E-state index contributed by atoms with van der Waals surface area (Å²) in [6.07, 6.45) is 31.4. The van der Waals surface area contributed by atoms with Crippen molar-refractivity contribution in [3.8, 4) is 28.0 Å². The molecule has 0 spiro atoms. The van der Waals surface area contributed by atoms with Crippen LogP contribution in [0.2, 0.25) is 20.1 Å². The van der Waals surface area contributed by atoms with Gasteiger partial charge in [-0.2, -0.15) is 0 Å². The van der Waals surface area contributed by atoms with E-state index in [1.807, 2.05) is 80.6 Å². The van der Waals surface area contributed by atoms with Gasteiger partial charge < -0.3 is 4.74 Å². The quantitative estimate of drug-likeness (QED) is 0.131. The fourth-order valence-corrected chi connectivity index (χ4v) is 17.1. The molecule has 494 valence electrons. The highest BCUT2D eigenvalue weighted by molar-refractivity contribution is 6.34. The van der Waals surface area contributed by atoms with Gasteiger partial charge in [0.2, 0.25) is 0 Å². The van der Waals surface area contributed by atoms with Crippen LogP contribution < -0.4 is 4.74 Å². The van der Waals surface area contributed by atoms with E-state index in [2.05, 4.69) is 52.0 Å². The molecule has 9 heteroatoms. The Kier molecular flexibility index (Phi) is 25.5. The number of ether oxygens (including phenoxy) is 1. The predicted octanol–water partition coefficient (Wildman–Crippen LogP) is 28.4. The van der Waals surface area contributed by atoms with Gasteiger partial charge in [0.15, 0.2) is 11.6 Å². The SMILES string of the molecule is COc1ccc(-c2ccc(C3CCC(C)CC3)cc2)c(Cl)c1F.Cc1ccc(-c2ccc(C3CCC(C)CC3)cc2)c(F)c1Cl.Cc1ccc(C2CCC(C3CCC(C)CC3)CC2)c(Cl)c1F.Cc1ccc(C2CCC(C3CCC(C)CC3)CC2)c(F)c1Cl.[HH].[HH].[HH].[HH].[HH].[HH]. The Bertz CT molecular complexity index is 3140. The van der Waals surface area contributed by atoms with Gasteiger partial charge in [-0.05, 0) is 257 Å². The van der Waals surface area contributed by atoms with E-state index in [-0.39, 0.29) is 41.8 Å². The Morgan fingerprint density at radius 3 is 1.09 bits per heavy atom. The second-order valence-electron chi connectivity index (χ2n) is 28.6. The minimum absolute atomic E-state index is 0. The van der Waals surface area contributed by atoms with Crippen LogP contribution >= 0.6 is 46.4 Å². The summed E-state index contributed by atoms with van der Waals surface area (Å²) in [4.78, 5) is 0. The molecule has 0 saturated heterocycles. The summed E-state index contributed by atoms with van der Waals surface area (Å²) >= 11 is 24.5. The Labute approximate surface area is 562 Å². The fraction of sp³-hybridized carbons (Fsp3) is 0.550. The van der Waals surface area contributed by atoms with Crippen LogP contribution in [-0.4, -0.2) is 7.11 Å². The van der Waals surface area contributed by atoms with E-state index in [0.29, 0.717) is 50.4 Å². The lowest BCUT2D eigenvalue weighted by molar-refractivity contribution is 0.164. The minimum Gasteiger partial charge on any atom is -0.494 e. The maximum absolute atomic E-state index is 14.4. The Morgan fingerprint density at radius 1 is 0.315 bits per heavy atom. The monoisotopic (exact) mass is 1300 g/mol. The molecule has 0 aliphatic heterocycles. The molecule has 6 aromatic rings. The summed E-state index contributed by atoms with van der Waals surface area (Å²) in [7, 11) is 1.44. The highest BCUT2D eigenvalue weighted by Crippen LogP contribution is 2.48. The molecule has 0 N–H and O–H groups in total. The summed E-state index contributed by atoms with van der Waals surface area (Å²) in [5.74, 6) is 8.35. The molecule has 6 aromatic carbocycles. The maximum Gasteiger partial charge on any atom is 0.184 e. The zero-order chi connectivity index (χ0) is 63.5. The lowest BCUT2D eigenvalue weighted by atomic mass is 9.68. The third kappa shape index (κ3) is 17.8. The molecule has 1 nitrogen and oxygen atoms in total. The zero-order valence-electron chi connectivity index (χ0n) is 54.6. The predicted molar refractivity (Wildman–Crippen MR) is 382 cm³/mol. The number of halogens is 8. The largest absolute Gasteiger partial charge is 0.494 e. The highest BCUT2D eigenvalue weighted by atomic mass is 35.5. The summed E-state index contributed by atoms with van der Waals surface area (Å²) < 4.78 is 61.8. The number of rotatable bonds is 9. The Morgan fingerprint density at radius 2 is 0.652 bits per heavy atom. The van der Waals surface area contributed by atoms with Gasteiger partial charge in [-0.25, -0.2) is 17.6 Å². The first-order chi connectivity index (χ1) is 42.8. The van der Waals surface area contributed by atoms with Gasteiger partial charge in [-0.3, -0.25) is 0 Å². The molecule has 89 heavy (non-hydrogen) atoms. The van der Waals surface area contributed by atoms with Crippen molar-refractivity contribution >= 4 is 46.4 Å². The van der Waals surface area contributed by atoms with E-state index in [4.69, 9.17) is 51.1 Å². The van der Waals surface area contributed by atoms with E-state index in [9.17, 15) is 17.6 Å². The van der Waals surface area contributed by atoms with Crippen molar-refractivity contribution in [2.45, 2.75) is 226 Å².